The Morgan fingerprint density at radius 3 is 2.42 bits per heavy atom. The minimum Gasteiger partial charge on any atom is -0.291 e. The Morgan fingerprint density at radius 1 is 1.50 bits per heavy atom. The Balaban J connectivity index is 4.01. The predicted molar refractivity (Wildman–Crippen MR) is 60.3 cm³/mol. The fraction of sp³-hybridized carbons (Fsp3) is 0.700. The summed E-state index contributed by atoms with van der Waals surface area (Å²) < 4.78 is 0. The summed E-state index contributed by atoms with van der Waals surface area (Å²) >= 11 is 1.82. The second kappa shape index (κ2) is 5.41. The molecule has 1 nitrogen and oxygen atoms in total. The van der Waals surface area contributed by atoms with Gasteiger partial charge in [-0.05, 0) is 27.0 Å². The lowest BCUT2D eigenvalue weighted by Crippen LogP contribution is -2.12. The van der Waals surface area contributed by atoms with E-state index in [9.17, 15) is 0 Å². The van der Waals surface area contributed by atoms with Crippen LogP contribution in [0.15, 0.2) is 17.6 Å². The number of aliphatic imine (C=N–C) groups is 1. The van der Waals surface area contributed by atoms with Crippen LogP contribution in [0.5, 0.6) is 0 Å². The Kier molecular flexibility index (Phi) is 5.31. The summed E-state index contributed by atoms with van der Waals surface area (Å²) in [5, 5.41) is 0. The molecule has 0 fully saturated rings. The predicted octanol–water partition coefficient (Wildman–Crippen LogP) is 3.02. The Labute approximate surface area is 80.4 Å². The Hall–Kier alpha value is -0.240. The maximum absolute atomic E-state index is 4.44. The van der Waals surface area contributed by atoms with E-state index in [4.69, 9.17) is 0 Å². The van der Waals surface area contributed by atoms with Crippen molar-refractivity contribution in [2.45, 2.75) is 26.3 Å². The highest BCUT2D eigenvalue weighted by Gasteiger charge is 2.06. The summed E-state index contributed by atoms with van der Waals surface area (Å²) in [6, 6.07) is 0. The van der Waals surface area contributed by atoms with Gasteiger partial charge in [-0.15, -0.1) is 6.58 Å². The van der Waals surface area contributed by atoms with E-state index in [0.717, 1.165) is 5.75 Å². The van der Waals surface area contributed by atoms with Crippen LogP contribution in [0.1, 0.15) is 20.8 Å². The molecule has 0 rings (SSSR count). The average Bonchev–Trinajstić information content (AvgIpc) is 1.96. The topological polar surface area (TPSA) is 12.4 Å². The number of rotatable bonds is 4. The zero-order valence-electron chi connectivity index (χ0n) is 8.50. The minimum atomic E-state index is 0.0413. The van der Waals surface area contributed by atoms with Gasteiger partial charge >= 0.3 is 0 Å². The quantitative estimate of drug-likeness (QED) is 0.484. The van der Waals surface area contributed by atoms with Gasteiger partial charge in [-0.25, -0.2) is 0 Å². The molecule has 1 unspecified atom stereocenters. The normalized spacial score (nSPS) is 15.0. The number of allylic oxidation sites excluding steroid dienone is 1. The van der Waals surface area contributed by atoms with Crippen molar-refractivity contribution in [2.24, 2.45) is 10.9 Å². The highest BCUT2D eigenvalue weighted by Crippen LogP contribution is 2.09. The van der Waals surface area contributed by atoms with Gasteiger partial charge in [0.2, 0.25) is 0 Å². The summed E-state index contributed by atoms with van der Waals surface area (Å²) in [6.07, 6.45) is 6.05. The molecule has 0 saturated carbocycles. The molecule has 0 aliphatic rings. The molecule has 0 bridgehead atoms. The van der Waals surface area contributed by atoms with Crippen molar-refractivity contribution < 1.29 is 0 Å². The van der Waals surface area contributed by atoms with Crippen molar-refractivity contribution in [3.05, 3.63) is 12.7 Å². The third-order valence-corrected chi connectivity index (χ3v) is 2.03. The monoisotopic (exact) mass is 185 g/mol. The smallest absolute Gasteiger partial charge is 0.0520 e. The van der Waals surface area contributed by atoms with Crippen LogP contribution >= 0.6 is 11.8 Å². The zero-order valence-corrected chi connectivity index (χ0v) is 9.32. The third-order valence-electron chi connectivity index (χ3n) is 1.32. The van der Waals surface area contributed by atoms with Gasteiger partial charge in [0.05, 0.1) is 5.54 Å². The molecule has 70 valence electrons. The van der Waals surface area contributed by atoms with E-state index in [1.807, 2.05) is 24.1 Å². The molecule has 0 spiro atoms. The van der Waals surface area contributed by atoms with E-state index in [1.54, 1.807) is 0 Å². The fourth-order valence-electron chi connectivity index (χ4n) is 0.684. The molecule has 0 aromatic carbocycles. The molecule has 1 atom stereocenters. The molecule has 0 aromatic rings. The maximum atomic E-state index is 4.44. The van der Waals surface area contributed by atoms with Crippen molar-refractivity contribution in [3.63, 3.8) is 0 Å². The molecule has 0 saturated heterocycles. The van der Waals surface area contributed by atoms with Gasteiger partial charge in [-0.1, -0.05) is 6.08 Å². The van der Waals surface area contributed by atoms with Crippen LogP contribution in [0.25, 0.3) is 0 Å². The summed E-state index contributed by atoms with van der Waals surface area (Å²) in [5.74, 6) is 1.49. The second-order valence-electron chi connectivity index (χ2n) is 3.80. The molecule has 2 heteroatoms. The molecule has 0 aliphatic heterocycles. The number of hydrogen-bond acceptors (Lipinski definition) is 2. The SMILES string of the molecule is C=CC(C=NC(C)(C)C)CSC. The van der Waals surface area contributed by atoms with Gasteiger partial charge in [0.25, 0.3) is 0 Å². The van der Waals surface area contributed by atoms with Crippen LogP contribution in [0.2, 0.25) is 0 Å². The first-order valence-corrected chi connectivity index (χ1v) is 5.56. The van der Waals surface area contributed by atoms with Crippen molar-refractivity contribution in [2.75, 3.05) is 12.0 Å². The van der Waals surface area contributed by atoms with E-state index < -0.39 is 0 Å². The van der Waals surface area contributed by atoms with E-state index >= 15 is 0 Å². The second-order valence-corrected chi connectivity index (χ2v) is 4.71. The molecule has 0 aromatic heterocycles. The number of hydrogen-bond donors (Lipinski definition) is 0. The van der Waals surface area contributed by atoms with Gasteiger partial charge in [0.1, 0.15) is 0 Å². The first-order chi connectivity index (χ1) is 5.49. The van der Waals surface area contributed by atoms with Crippen LogP contribution in [0.4, 0.5) is 0 Å². The van der Waals surface area contributed by atoms with E-state index in [1.165, 1.54) is 0 Å². The summed E-state index contributed by atoms with van der Waals surface area (Å²) in [4.78, 5) is 4.44. The van der Waals surface area contributed by atoms with Crippen molar-refractivity contribution in [1.82, 2.24) is 0 Å². The lowest BCUT2D eigenvalue weighted by Gasteiger charge is -2.13. The highest BCUT2D eigenvalue weighted by molar-refractivity contribution is 7.98. The molecule has 0 amide bonds. The van der Waals surface area contributed by atoms with Crippen LogP contribution in [0, 0.1) is 5.92 Å². The zero-order chi connectivity index (χ0) is 9.61. The first kappa shape index (κ1) is 11.8. The minimum absolute atomic E-state index is 0.0413. The lowest BCUT2D eigenvalue weighted by atomic mass is 10.1. The van der Waals surface area contributed by atoms with Crippen LogP contribution < -0.4 is 0 Å². The van der Waals surface area contributed by atoms with E-state index in [-0.39, 0.29) is 5.54 Å². The van der Waals surface area contributed by atoms with E-state index in [2.05, 4.69) is 38.6 Å². The number of nitrogens with zero attached hydrogens (tertiary/aromatic N) is 1. The summed E-state index contributed by atoms with van der Waals surface area (Å²) in [6.45, 7) is 10.1. The Bertz CT molecular complexity index is 156. The lowest BCUT2D eigenvalue weighted by molar-refractivity contribution is 0.583. The van der Waals surface area contributed by atoms with Gasteiger partial charge in [-0.3, -0.25) is 4.99 Å². The molecule has 12 heavy (non-hydrogen) atoms. The van der Waals surface area contributed by atoms with Crippen LogP contribution in [-0.4, -0.2) is 23.8 Å². The summed E-state index contributed by atoms with van der Waals surface area (Å²) in [5.41, 5.74) is 0.0413. The maximum Gasteiger partial charge on any atom is 0.0520 e. The van der Waals surface area contributed by atoms with Gasteiger partial charge in [0, 0.05) is 17.9 Å². The Morgan fingerprint density at radius 2 is 2.08 bits per heavy atom. The van der Waals surface area contributed by atoms with Crippen molar-refractivity contribution in [1.29, 1.82) is 0 Å². The van der Waals surface area contributed by atoms with Gasteiger partial charge in [0.15, 0.2) is 0 Å². The average molecular weight is 185 g/mol. The van der Waals surface area contributed by atoms with Crippen LogP contribution in [0.3, 0.4) is 0 Å². The molecule has 0 heterocycles. The molecule has 0 N–H and O–H groups in total. The van der Waals surface area contributed by atoms with Gasteiger partial charge < -0.3 is 0 Å². The van der Waals surface area contributed by atoms with Crippen molar-refractivity contribution >= 4 is 18.0 Å². The molecular weight excluding hydrogens is 166 g/mol. The fourth-order valence-corrected chi connectivity index (χ4v) is 1.29. The van der Waals surface area contributed by atoms with Crippen LogP contribution in [-0.2, 0) is 0 Å². The largest absolute Gasteiger partial charge is 0.291 e. The molecule has 0 aliphatic carbocycles. The third kappa shape index (κ3) is 6.47. The molecular formula is C10H19NS. The van der Waals surface area contributed by atoms with E-state index in [0.29, 0.717) is 5.92 Å². The van der Waals surface area contributed by atoms with Gasteiger partial charge in [-0.2, -0.15) is 11.8 Å². The summed E-state index contributed by atoms with van der Waals surface area (Å²) in [7, 11) is 0. The van der Waals surface area contributed by atoms with Crippen molar-refractivity contribution in [3.8, 4) is 0 Å². The first-order valence-electron chi connectivity index (χ1n) is 4.16. The number of thioether (sulfide) groups is 1. The molecule has 0 radical (unpaired) electrons. The highest BCUT2D eigenvalue weighted by atomic mass is 32.2. The standard InChI is InChI=1S/C10H19NS/c1-6-9(8-12-5)7-11-10(2,3)4/h6-7,9H,1,8H2,2-5H3.